The molecule has 9 heteroatoms. The molecule has 0 unspecified atom stereocenters. The Morgan fingerprint density at radius 3 is 2.21 bits per heavy atom. The average molecular weight is 505 g/mol. The maximum absolute atomic E-state index is 12.2. The van der Waals surface area contributed by atoms with Gasteiger partial charge in [-0.1, -0.05) is 13.8 Å². The topological polar surface area (TPSA) is 88.1 Å². The van der Waals surface area contributed by atoms with E-state index in [1.165, 1.54) is 0 Å². The number of rotatable bonds is 13. The number of carboxylic acids is 1. The van der Waals surface area contributed by atoms with Crippen molar-refractivity contribution in [1.29, 1.82) is 0 Å². The van der Waals surface area contributed by atoms with Crippen molar-refractivity contribution in [3.63, 3.8) is 0 Å². The number of alkyl halides is 2. The number of aryl methyl sites for hydroxylation is 1. The number of alkyl carbamates (subject to hydrolysis) is 1. The van der Waals surface area contributed by atoms with Crippen molar-refractivity contribution < 1.29 is 24.2 Å². The van der Waals surface area contributed by atoms with Crippen LogP contribution in [0, 0.1) is 12.3 Å². The zero-order valence-corrected chi connectivity index (χ0v) is 22.1. The molecule has 1 aromatic rings. The van der Waals surface area contributed by atoms with Crippen LogP contribution < -0.4 is 15.0 Å². The van der Waals surface area contributed by atoms with Crippen LogP contribution in [-0.4, -0.2) is 60.3 Å². The van der Waals surface area contributed by atoms with Gasteiger partial charge in [0.05, 0.1) is 13.0 Å². The van der Waals surface area contributed by atoms with Gasteiger partial charge in [-0.2, -0.15) is 0 Å². The molecule has 0 aliphatic rings. The zero-order chi connectivity index (χ0) is 25.2. The van der Waals surface area contributed by atoms with E-state index >= 15 is 0 Å². The van der Waals surface area contributed by atoms with Gasteiger partial charge in [0.2, 0.25) is 0 Å². The summed E-state index contributed by atoms with van der Waals surface area (Å²) in [4.78, 5) is 25.6. The molecule has 0 fully saturated rings. The van der Waals surface area contributed by atoms with Crippen LogP contribution >= 0.6 is 23.2 Å². The quantitative estimate of drug-likeness (QED) is 0.347. The first-order chi connectivity index (χ1) is 15.3. The molecule has 0 heterocycles. The fourth-order valence-electron chi connectivity index (χ4n) is 3.42. The predicted molar refractivity (Wildman–Crippen MR) is 134 cm³/mol. The van der Waals surface area contributed by atoms with Crippen LogP contribution in [0.15, 0.2) is 18.2 Å². The Hall–Kier alpha value is -1.86. The maximum Gasteiger partial charge on any atom is 0.407 e. The number of amides is 1. The molecule has 2 N–H and O–H groups in total. The second-order valence-electron chi connectivity index (χ2n) is 9.91. The predicted octanol–water partition coefficient (Wildman–Crippen LogP) is 5.44. The summed E-state index contributed by atoms with van der Waals surface area (Å²) in [6.07, 6.45) is -0.419. The molecule has 1 aromatic carbocycles. The molecule has 33 heavy (non-hydrogen) atoms. The highest BCUT2D eigenvalue weighted by Crippen LogP contribution is 2.29. The Bertz CT molecular complexity index is 775. The normalized spacial score (nSPS) is 12.7. The molecule has 1 rings (SSSR count). The number of nitrogens with zero attached hydrogens (tertiary/aromatic N) is 1. The van der Waals surface area contributed by atoms with Crippen molar-refractivity contribution in [3.8, 4) is 5.75 Å². The van der Waals surface area contributed by atoms with E-state index in [4.69, 9.17) is 32.7 Å². The fourth-order valence-corrected chi connectivity index (χ4v) is 3.83. The number of hydrogen-bond acceptors (Lipinski definition) is 5. The number of benzene rings is 1. The number of carbonyl (C=O) groups is 2. The highest BCUT2D eigenvalue weighted by atomic mass is 35.5. The minimum absolute atomic E-state index is 0.201. The van der Waals surface area contributed by atoms with E-state index in [2.05, 4.69) is 10.2 Å². The summed E-state index contributed by atoms with van der Waals surface area (Å²) in [7, 11) is 0. The fraction of sp³-hybridized carbons (Fsp3) is 0.667. The Morgan fingerprint density at radius 2 is 1.73 bits per heavy atom. The molecular formula is C24H38Cl2N2O5. The molecule has 0 aromatic heterocycles. The van der Waals surface area contributed by atoms with Gasteiger partial charge in [-0.05, 0) is 57.9 Å². The number of hydrogen-bond donors (Lipinski definition) is 2. The first-order valence-corrected chi connectivity index (χ1v) is 12.1. The third-order valence-electron chi connectivity index (χ3n) is 4.79. The van der Waals surface area contributed by atoms with E-state index in [9.17, 15) is 14.7 Å². The van der Waals surface area contributed by atoms with Crippen molar-refractivity contribution in [1.82, 2.24) is 5.32 Å². The molecule has 0 spiro atoms. The summed E-state index contributed by atoms with van der Waals surface area (Å²) >= 11 is 11.8. The van der Waals surface area contributed by atoms with Gasteiger partial charge in [-0.15, -0.1) is 23.2 Å². The summed E-state index contributed by atoms with van der Waals surface area (Å²) in [6, 6.07) is 5.35. The van der Waals surface area contributed by atoms with Crippen molar-refractivity contribution >= 4 is 41.0 Å². The number of halogens is 2. The molecule has 0 saturated carbocycles. The molecule has 7 nitrogen and oxygen atoms in total. The molecule has 188 valence electrons. The van der Waals surface area contributed by atoms with Crippen LogP contribution in [0.25, 0.3) is 0 Å². The van der Waals surface area contributed by atoms with Crippen LogP contribution in [-0.2, 0) is 9.53 Å². The largest absolute Gasteiger partial charge is 0.493 e. The van der Waals surface area contributed by atoms with E-state index in [0.29, 0.717) is 37.9 Å². The van der Waals surface area contributed by atoms with Gasteiger partial charge in [-0.25, -0.2) is 4.79 Å². The lowest BCUT2D eigenvalue weighted by atomic mass is 9.85. The summed E-state index contributed by atoms with van der Waals surface area (Å²) in [5.74, 6) is 0.783. The number of aliphatic carboxylic acids is 1. The van der Waals surface area contributed by atoms with Crippen LogP contribution in [0.5, 0.6) is 5.75 Å². The van der Waals surface area contributed by atoms with Crippen molar-refractivity contribution in [2.45, 2.75) is 66.0 Å². The lowest BCUT2D eigenvalue weighted by molar-refractivity contribution is -0.137. The first-order valence-electron chi connectivity index (χ1n) is 11.1. The Morgan fingerprint density at radius 1 is 1.12 bits per heavy atom. The maximum atomic E-state index is 12.2. The summed E-state index contributed by atoms with van der Waals surface area (Å²) in [6.45, 7) is 13.0. The molecule has 0 aliphatic heterocycles. The van der Waals surface area contributed by atoms with E-state index < -0.39 is 29.1 Å². The number of anilines is 1. The molecule has 1 atom stereocenters. The summed E-state index contributed by atoms with van der Waals surface area (Å²) in [5, 5.41) is 12.0. The van der Waals surface area contributed by atoms with Gasteiger partial charge in [-0.3, -0.25) is 4.79 Å². The number of carbonyl (C=O) groups excluding carboxylic acids is 1. The number of ether oxygens (including phenoxy) is 2. The average Bonchev–Trinajstić information content (AvgIpc) is 2.64. The van der Waals surface area contributed by atoms with E-state index in [1.54, 1.807) is 20.8 Å². The standard InChI is InChI=1S/C24H38Cl2N2O5/c1-17-13-19(28(11-9-25)12-10-26)7-8-20(17)32-16-24(5,6)15-18(14-21(29)30)27-22(31)33-23(2,3)4/h7-8,13,18H,9-12,14-16H2,1-6H3,(H,27,31)(H,29,30)/t18-/m0/s1. The minimum atomic E-state index is -0.988. The van der Waals surface area contributed by atoms with Crippen LogP contribution in [0.2, 0.25) is 0 Å². The molecule has 0 bridgehead atoms. The van der Waals surface area contributed by atoms with Gasteiger partial charge < -0.3 is 24.8 Å². The lowest BCUT2D eigenvalue weighted by Gasteiger charge is -2.31. The highest BCUT2D eigenvalue weighted by molar-refractivity contribution is 6.18. The SMILES string of the molecule is Cc1cc(N(CCCl)CCCl)ccc1OCC(C)(C)C[C@H](CC(=O)O)NC(=O)OC(C)(C)C. The van der Waals surface area contributed by atoms with E-state index in [0.717, 1.165) is 17.0 Å². The number of carboxylic acid groups (broad SMARTS) is 1. The molecule has 0 aliphatic carbocycles. The number of nitrogens with one attached hydrogen (secondary N) is 1. The summed E-state index contributed by atoms with van der Waals surface area (Å²) < 4.78 is 11.4. The van der Waals surface area contributed by atoms with Gasteiger partial charge in [0.25, 0.3) is 0 Å². The van der Waals surface area contributed by atoms with Gasteiger partial charge in [0.15, 0.2) is 0 Å². The lowest BCUT2D eigenvalue weighted by Crippen LogP contribution is -2.43. The van der Waals surface area contributed by atoms with Crippen molar-refractivity contribution in [2.75, 3.05) is 36.4 Å². The van der Waals surface area contributed by atoms with Crippen LogP contribution in [0.4, 0.5) is 10.5 Å². The van der Waals surface area contributed by atoms with Gasteiger partial charge in [0, 0.05) is 42.0 Å². The van der Waals surface area contributed by atoms with Crippen molar-refractivity contribution in [2.24, 2.45) is 5.41 Å². The van der Waals surface area contributed by atoms with E-state index in [1.807, 2.05) is 39.0 Å². The zero-order valence-electron chi connectivity index (χ0n) is 20.5. The molecule has 1 amide bonds. The van der Waals surface area contributed by atoms with Crippen molar-refractivity contribution in [3.05, 3.63) is 23.8 Å². The molecule has 0 radical (unpaired) electrons. The Balaban J connectivity index is 2.82. The highest BCUT2D eigenvalue weighted by Gasteiger charge is 2.29. The van der Waals surface area contributed by atoms with Crippen LogP contribution in [0.1, 0.15) is 53.0 Å². The third kappa shape index (κ3) is 11.7. The second-order valence-corrected chi connectivity index (χ2v) is 10.7. The summed E-state index contributed by atoms with van der Waals surface area (Å²) in [5.41, 5.74) is 0.946. The monoisotopic (exact) mass is 504 g/mol. The Kier molecular flexibility index (Phi) is 11.6. The van der Waals surface area contributed by atoms with Gasteiger partial charge in [0.1, 0.15) is 11.4 Å². The van der Waals surface area contributed by atoms with Gasteiger partial charge >= 0.3 is 12.1 Å². The van der Waals surface area contributed by atoms with Crippen LogP contribution in [0.3, 0.4) is 0 Å². The molecular weight excluding hydrogens is 467 g/mol. The Labute approximate surface area is 207 Å². The molecule has 0 saturated heterocycles. The van der Waals surface area contributed by atoms with E-state index in [-0.39, 0.29) is 6.42 Å². The first kappa shape index (κ1) is 29.2. The minimum Gasteiger partial charge on any atom is -0.493 e. The third-order valence-corrected chi connectivity index (χ3v) is 5.13. The second kappa shape index (κ2) is 13.1. The smallest absolute Gasteiger partial charge is 0.407 e.